The van der Waals surface area contributed by atoms with Gasteiger partial charge in [-0.1, -0.05) is 12.2 Å². The molecule has 0 radical (unpaired) electrons. The molecule has 0 saturated carbocycles. The molecule has 0 unspecified atom stereocenters. The van der Waals surface area contributed by atoms with Gasteiger partial charge in [0.25, 0.3) is 5.92 Å². The number of carbonyl (C=O) groups excluding carboxylic acids is 1. The third-order valence-electron chi connectivity index (χ3n) is 4.04. The average molecular weight is 413 g/mol. The van der Waals surface area contributed by atoms with Gasteiger partial charge < -0.3 is 19.1 Å². The van der Waals surface area contributed by atoms with Crippen LogP contribution >= 0.6 is 12.2 Å². The molecule has 150 valence electrons. The molecule has 0 N–H and O–H groups in total. The van der Waals surface area contributed by atoms with E-state index in [-0.39, 0.29) is 16.3 Å². The van der Waals surface area contributed by atoms with E-state index in [9.17, 15) is 26.7 Å². The average Bonchev–Trinajstić information content (AvgIpc) is 2.93. The van der Waals surface area contributed by atoms with Crippen LogP contribution in [0.1, 0.15) is 17.5 Å². The van der Waals surface area contributed by atoms with Crippen LogP contribution in [0.5, 0.6) is 11.5 Å². The van der Waals surface area contributed by atoms with E-state index in [2.05, 4.69) is 4.74 Å². The maximum atomic E-state index is 13.8. The second kappa shape index (κ2) is 7.45. The van der Waals surface area contributed by atoms with Crippen LogP contribution in [0, 0.1) is 0 Å². The molecule has 27 heavy (non-hydrogen) atoms. The molecule has 5 nitrogen and oxygen atoms in total. The lowest BCUT2D eigenvalue weighted by molar-refractivity contribution is -0.145. The van der Waals surface area contributed by atoms with E-state index >= 15 is 0 Å². The summed E-state index contributed by atoms with van der Waals surface area (Å²) < 4.78 is 81.9. The van der Waals surface area contributed by atoms with Gasteiger partial charge in [0, 0.05) is 12.0 Å². The number of rotatable bonds is 4. The largest absolute Gasteiger partial charge is 0.493 e. The van der Waals surface area contributed by atoms with Crippen LogP contribution in [0.3, 0.4) is 0 Å². The SMILES string of the molecule is COC(=O)[C@H]1CC(F)(F)CN1C(=S)c1cc(OC)c(OC)c(C(F)(F)F)c1. The number of benzene rings is 1. The van der Waals surface area contributed by atoms with Crippen molar-refractivity contribution in [1.29, 1.82) is 0 Å². The summed E-state index contributed by atoms with van der Waals surface area (Å²) in [7, 11) is 3.20. The highest BCUT2D eigenvalue weighted by atomic mass is 32.1. The fourth-order valence-electron chi connectivity index (χ4n) is 2.84. The van der Waals surface area contributed by atoms with Gasteiger partial charge in [-0.05, 0) is 12.1 Å². The maximum absolute atomic E-state index is 13.8. The number of methoxy groups -OCH3 is 3. The molecule has 1 aliphatic rings. The quantitative estimate of drug-likeness (QED) is 0.429. The van der Waals surface area contributed by atoms with Gasteiger partial charge in [-0.15, -0.1) is 0 Å². The van der Waals surface area contributed by atoms with Crippen molar-refractivity contribution in [3.63, 3.8) is 0 Å². The van der Waals surface area contributed by atoms with Gasteiger partial charge in [0.1, 0.15) is 16.6 Å². The number of ether oxygens (including phenoxy) is 3. The first kappa shape index (κ1) is 21.1. The lowest BCUT2D eigenvalue weighted by atomic mass is 10.1. The van der Waals surface area contributed by atoms with E-state index in [0.29, 0.717) is 6.07 Å². The number of halogens is 5. The van der Waals surface area contributed by atoms with E-state index in [4.69, 9.17) is 21.7 Å². The van der Waals surface area contributed by atoms with Crippen LogP contribution in [0.25, 0.3) is 0 Å². The minimum absolute atomic E-state index is 0.207. The number of thiocarbonyl (C=S) groups is 1. The maximum Gasteiger partial charge on any atom is 0.420 e. The smallest absolute Gasteiger partial charge is 0.420 e. The number of alkyl halides is 5. The first-order valence-electron chi connectivity index (χ1n) is 7.55. The van der Waals surface area contributed by atoms with Crippen molar-refractivity contribution in [2.75, 3.05) is 27.9 Å². The zero-order chi connectivity index (χ0) is 20.6. The van der Waals surface area contributed by atoms with Gasteiger partial charge in [-0.3, -0.25) is 0 Å². The summed E-state index contributed by atoms with van der Waals surface area (Å²) in [6.45, 7) is -0.915. The molecule has 0 spiro atoms. The predicted octanol–water partition coefficient (Wildman–Crippen LogP) is 3.28. The fourth-order valence-corrected chi connectivity index (χ4v) is 3.15. The summed E-state index contributed by atoms with van der Waals surface area (Å²) in [6.07, 6.45) is -5.65. The third-order valence-corrected chi connectivity index (χ3v) is 4.51. The molecule has 1 atom stereocenters. The summed E-state index contributed by atoms with van der Waals surface area (Å²) in [5.74, 6) is -5.03. The van der Waals surface area contributed by atoms with Gasteiger partial charge in [0.2, 0.25) is 0 Å². The van der Waals surface area contributed by atoms with Crippen molar-refractivity contribution in [3.8, 4) is 11.5 Å². The standard InChI is InChI=1S/C16H16F5NO4S/c1-24-11-5-8(4-9(12(11)25-2)16(19,20)21)13(27)22-7-15(17,18)6-10(22)14(23)26-3/h4-5,10H,6-7H2,1-3H3/t10-/m1/s1. The Balaban J connectivity index is 2.53. The molecule has 0 aromatic heterocycles. The number of esters is 1. The monoisotopic (exact) mass is 413 g/mol. The Morgan fingerprint density at radius 3 is 2.33 bits per heavy atom. The second-order valence-electron chi connectivity index (χ2n) is 5.79. The topological polar surface area (TPSA) is 48.0 Å². The number of nitrogens with zero attached hydrogens (tertiary/aromatic N) is 1. The summed E-state index contributed by atoms with van der Waals surface area (Å²) in [6, 6.07) is 0.412. The molecule has 1 aliphatic heterocycles. The van der Waals surface area contributed by atoms with Crippen LogP contribution in [0.4, 0.5) is 22.0 Å². The Labute approximate surface area is 157 Å². The summed E-state index contributed by atoms with van der Waals surface area (Å²) >= 11 is 5.12. The molecule has 2 rings (SSSR count). The minimum atomic E-state index is -4.80. The van der Waals surface area contributed by atoms with Gasteiger partial charge in [0.15, 0.2) is 11.5 Å². The molecule has 1 heterocycles. The zero-order valence-corrected chi connectivity index (χ0v) is 15.3. The Morgan fingerprint density at radius 2 is 1.85 bits per heavy atom. The Kier molecular flexibility index (Phi) is 5.83. The molecule has 0 bridgehead atoms. The van der Waals surface area contributed by atoms with E-state index in [1.165, 1.54) is 0 Å². The molecule has 1 fully saturated rings. The Morgan fingerprint density at radius 1 is 1.22 bits per heavy atom. The van der Waals surface area contributed by atoms with Gasteiger partial charge >= 0.3 is 12.1 Å². The van der Waals surface area contributed by atoms with E-state index < -0.39 is 48.4 Å². The number of hydrogen-bond acceptors (Lipinski definition) is 5. The van der Waals surface area contributed by atoms with Gasteiger partial charge in [0.05, 0.1) is 27.9 Å². The summed E-state index contributed by atoms with van der Waals surface area (Å²) in [4.78, 5) is 12.3. The van der Waals surface area contributed by atoms with Crippen LogP contribution in [0.2, 0.25) is 0 Å². The second-order valence-corrected chi connectivity index (χ2v) is 6.18. The molecule has 1 saturated heterocycles. The normalized spacial score (nSPS) is 19.0. The van der Waals surface area contributed by atoms with E-state index in [0.717, 1.165) is 32.3 Å². The fraction of sp³-hybridized carbons (Fsp3) is 0.500. The van der Waals surface area contributed by atoms with Crippen molar-refractivity contribution in [2.24, 2.45) is 0 Å². The molecule has 0 amide bonds. The van der Waals surface area contributed by atoms with Crippen molar-refractivity contribution in [1.82, 2.24) is 4.90 Å². The molecule has 1 aromatic carbocycles. The zero-order valence-electron chi connectivity index (χ0n) is 14.5. The van der Waals surface area contributed by atoms with Crippen molar-refractivity contribution < 1.29 is 41.0 Å². The molecule has 1 aromatic rings. The van der Waals surface area contributed by atoms with Crippen molar-refractivity contribution in [2.45, 2.75) is 24.6 Å². The number of likely N-dealkylation sites (tertiary alicyclic amines) is 1. The number of carbonyl (C=O) groups is 1. The first-order valence-corrected chi connectivity index (χ1v) is 7.96. The van der Waals surface area contributed by atoms with Crippen molar-refractivity contribution >= 4 is 23.2 Å². The van der Waals surface area contributed by atoms with Gasteiger partial charge in [-0.2, -0.15) is 13.2 Å². The highest BCUT2D eigenvalue weighted by molar-refractivity contribution is 7.80. The highest BCUT2D eigenvalue weighted by Crippen LogP contribution is 2.43. The lowest BCUT2D eigenvalue weighted by Crippen LogP contribution is -2.41. The Hall–Kier alpha value is -2.17. The van der Waals surface area contributed by atoms with Crippen LogP contribution in [0.15, 0.2) is 12.1 Å². The van der Waals surface area contributed by atoms with E-state index in [1.807, 2.05) is 0 Å². The van der Waals surface area contributed by atoms with Gasteiger partial charge in [-0.25, -0.2) is 13.6 Å². The first-order chi connectivity index (χ1) is 12.4. The summed E-state index contributed by atoms with van der Waals surface area (Å²) in [5.41, 5.74) is -1.39. The molecular formula is C16H16F5NO4S. The third kappa shape index (κ3) is 4.23. The lowest BCUT2D eigenvalue weighted by Gasteiger charge is -2.26. The van der Waals surface area contributed by atoms with Crippen LogP contribution in [-0.4, -0.2) is 55.7 Å². The molecule has 11 heteroatoms. The van der Waals surface area contributed by atoms with Crippen LogP contribution < -0.4 is 9.47 Å². The molecular weight excluding hydrogens is 397 g/mol. The minimum Gasteiger partial charge on any atom is -0.493 e. The Bertz CT molecular complexity index is 753. The van der Waals surface area contributed by atoms with Crippen molar-refractivity contribution in [3.05, 3.63) is 23.3 Å². The highest BCUT2D eigenvalue weighted by Gasteiger charge is 2.50. The predicted molar refractivity (Wildman–Crippen MR) is 88.3 cm³/mol. The number of hydrogen-bond donors (Lipinski definition) is 0. The van der Waals surface area contributed by atoms with E-state index in [1.54, 1.807) is 0 Å². The van der Waals surface area contributed by atoms with Crippen LogP contribution in [-0.2, 0) is 15.7 Å². The molecule has 0 aliphatic carbocycles. The summed E-state index contributed by atoms with van der Waals surface area (Å²) in [5, 5.41) is 0.